The second kappa shape index (κ2) is 15.1. The first-order valence-electron chi connectivity index (χ1n) is 12.3. The van der Waals surface area contributed by atoms with Gasteiger partial charge < -0.3 is 18.6 Å². The van der Waals surface area contributed by atoms with Crippen molar-refractivity contribution in [2.24, 2.45) is 0 Å². The fraction of sp³-hybridized carbons (Fsp3) is 0.556. The van der Waals surface area contributed by atoms with Gasteiger partial charge in [-0.3, -0.25) is 4.79 Å². The first-order chi connectivity index (χ1) is 16.1. The van der Waals surface area contributed by atoms with Crippen LogP contribution in [0.15, 0.2) is 39.6 Å². The third-order valence-electron chi connectivity index (χ3n) is 5.24. The molecule has 0 N–H and O–H groups in total. The van der Waals surface area contributed by atoms with Crippen LogP contribution in [0, 0.1) is 0 Å². The van der Waals surface area contributed by atoms with E-state index in [1.807, 2.05) is 18.2 Å². The van der Waals surface area contributed by atoms with Gasteiger partial charge in [-0.05, 0) is 31.4 Å². The van der Waals surface area contributed by atoms with Gasteiger partial charge in [0.25, 0.3) is 5.75 Å². The zero-order valence-corrected chi connectivity index (χ0v) is 20.3. The third-order valence-corrected chi connectivity index (χ3v) is 5.24. The van der Waals surface area contributed by atoms with Crippen molar-refractivity contribution in [2.45, 2.75) is 85.0 Å². The monoisotopic (exact) mass is 458 g/mol. The fourth-order valence-electron chi connectivity index (χ4n) is 3.54. The van der Waals surface area contributed by atoms with E-state index in [0.717, 1.165) is 19.3 Å². The molecule has 0 unspecified atom stereocenters. The Morgan fingerprint density at radius 3 is 2.33 bits per heavy atom. The van der Waals surface area contributed by atoms with E-state index < -0.39 is 11.6 Å². The minimum atomic E-state index is -0.753. The standard InChI is InChI=1S/C27H38O6/c1-4-6-8-10-11-12-13-15-18-30-22-16-17-23-24(20-22)33-27(29)26(32-21(3)28)25(23)31-19-14-9-7-5-2/h7,9,16-17,20H,4-6,8,10-15,18-19H2,1-3H3. The van der Waals surface area contributed by atoms with Crippen LogP contribution < -0.4 is 19.8 Å². The Hall–Kier alpha value is -2.76. The molecule has 0 fully saturated rings. The first kappa shape index (κ1) is 26.5. The summed E-state index contributed by atoms with van der Waals surface area (Å²) in [4.78, 5) is 24.0. The van der Waals surface area contributed by atoms with Crippen molar-refractivity contribution in [2.75, 3.05) is 13.2 Å². The number of carbonyl (C=O) groups is 1. The van der Waals surface area contributed by atoms with Crippen molar-refractivity contribution in [3.63, 3.8) is 0 Å². The van der Waals surface area contributed by atoms with Crippen LogP contribution in [0.1, 0.15) is 85.0 Å². The lowest BCUT2D eigenvalue weighted by molar-refractivity contribution is -0.132. The minimum Gasteiger partial charge on any atom is -0.493 e. The Labute approximate surface area is 196 Å². The lowest BCUT2D eigenvalue weighted by Crippen LogP contribution is -2.13. The average Bonchev–Trinajstić information content (AvgIpc) is 2.79. The summed E-state index contributed by atoms with van der Waals surface area (Å²) in [5, 5.41) is 0.560. The third kappa shape index (κ3) is 9.32. The number of allylic oxidation sites excluding steroid dienone is 1. The Morgan fingerprint density at radius 1 is 0.909 bits per heavy atom. The number of carbonyl (C=O) groups excluding carboxylic acids is 1. The van der Waals surface area contributed by atoms with E-state index in [1.165, 1.54) is 45.4 Å². The zero-order chi connectivity index (χ0) is 23.9. The molecule has 1 heterocycles. The normalized spacial score (nSPS) is 11.2. The van der Waals surface area contributed by atoms with E-state index >= 15 is 0 Å². The molecule has 0 aliphatic heterocycles. The Bertz CT molecular complexity index is 944. The second-order valence-corrected chi connectivity index (χ2v) is 8.14. The summed E-state index contributed by atoms with van der Waals surface area (Å²) in [7, 11) is 0. The fourth-order valence-corrected chi connectivity index (χ4v) is 3.54. The van der Waals surface area contributed by atoms with Gasteiger partial charge in [-0.2, -0.15) is 0 Å². The Kier molecular flexibility index (Phi) is 12.2. The molecule has 0 atom stereocenters. The number of hydrogen-bond donors (Lipinski definition) is 0. The highest BCUT2D eigenvalue weighted by molar-refractivity contribution is 5.87. The summed E-state index contributed by atoms with van der Waals surface area (Å²) in [6.45, 7) is 6.48. The van der Waals surface area contributed by atoms with Crippen molar-refractivity contribution in [1.29, 1.82) is 0 Å². The summed E-state index contributed by atoms with van der Waals surface area (Å²) in [5.41, 5.74) is -0.416. The Balaban J connectivity index is 2.02. The van der Waals surface area contributed by atoms with Crippen LogP contribution >= 0.6 is 0 Å². The summed E-state index contributed by atoms with van der Waals surface area (Å²) in [6.07, 6.45) is 15.6. The van der Waals surface area contributed by atoms with Gasteiger partial charge in [-0.1, -0.05) is 70.9 Å². The molecule has 0 bridgehead atoms. The molecule has 33 heavy (non-hydrogen) atoms. The van der Waals surface area contributed by atoms with E-state index in [4.69, 9.17) is 18.6 Å². The van der Waals surface area contributed by atoms with Crippen LogP contribution in [-0.2, 0) is 4.79 Å². The molecule has 6 heteroatoms. The maximum atomic E-state index is 12.5. The van der Waals surface area contributed by atoms with Crippen LogP contribution in [0.4, 0.5) is 0 Å². The molecule has 2 rings (SSSR count). The SMILES string of the molecule is CCC=CCCOc1c(OC(C)=O)c(=O)oc2cc(OCCCCCCCCCC)ccc12. The van der Waals surface area contributed by atoms with Gasteiger partial charge in [0.2, 0.25) is 0 Å². The lowest BCUT2D eigenvalue weighted by Gasteiger charge is -2.13. The van der Waals surface area contributed by atoms with Crippen LogP contribution in [0.25, 0.3) is 11.0 Å². The molecule has 0 aliphatic carbocycles. The van der Waals surface area contributed by atoms with Gasteiger partial charge in [-0.25, -0.2) is 4.79 Å². The molecule has 0 spiro atoms. The van der Waals surface area contributed by atoms with Gasteiger partial charge in [0.05, 0.1) is 18.6 Å². The van der Waals surface area contributed by atoms with Crippen molar-refractivity contribution >= 4 is 16.9 Å². The molecule has 0 saturated carbocycles. The van der Waals surface area contributed by atoms with E-state index in [1.54, 1.807) is 12.1 Å². The van der Waals surface area contributed by atoms with Gasteiger partial charge in [0, 0.05) is 13.0 Å². The smallest absolute Gasteiger partial charge is 0.383 e. The van der Waals surface area contributed by atoms with Crippen molar-refractivity contribution in [3.05, 3.63) is 40.8 Å². The molecule has 0 amide bonds. The van der Waals surface area contributed by atoms with Crippen LogP contribution in [0.3, 0.4) is 0 Å². The van der Waals surface area contributed by atoms with Crippen molar-refractivity contribution < 1.29 is 23.4 Å². The number of fused-ring (bicyclic) bond motifs is 1. The molecular weight excluding hydrogens is 420 g/mol. The summed E-state index contributed by atoms with van der Waals surface area (Å²) in [5.74, 6) is 0.0198. The van der Waals surface area contributed by atoms with E-state index in [2.05, 4.69) is 13.8 Å². The van der Waals surface area contributed by atoms with Crippen molar-refractivity contribution in [3.8, 4) is 17.2 Å². The average molecular weight is 459 g/mol. The number of benzene rings is 1. The molecule has 1 aromatic carbocycles. The number of rotatable bonds is 16. The molecule has 0 aliphatic rings. The largest absolute Gasteiger partial charge is 0.493 e. The van der Waals surface area contributed by atoms with Gasteiger partial charge >= 0.3 is 11.6 Å². The molecule has 6 nitrogen and oxygen atoms in total. The number of hydrogen-bond acceptors (Lipinski definition) is 6. The summed E-state index contributed by atoms with van der Waals surface area (Å²) >= 11 is 0. The quantitative estimate of drug-likeness (QED) is 0.117. The summed E-state index contributed by atoms with van der Waals surface area (Å²) in [6, 6.07) is 5.27. The highest BCUT2D eigenvalue weighted by atomic mass is 16.6. The molecule has 0 radical (unpaired) electrons. The maximum absolute atomic E-state index is 12.5. The van der Waals surface area contributed by atoms with E-state index in [-0.39, 0.29) is 11.5 Å². The zero-order valence-electron chi connectivity index (χ0n) is 20.3. The Morgan fingerprint density at radius 2 is 1.64 bits per heavy atom. The van der Waals surface area contributed by atoms with Crippen LogP contribution in [0.5, 0.6) is 17.2 Å². The van der Waals surface area contributed by atoms with Gasteiger partial charge in [-0.15, -0.1) is 0 Å². The van der Waals surface area contributed by atoms with Gasteiger partial charge in [0.15, 0.2) is 5.75 Å². The van der Waals surface area contributed by atoms with E-state index in [0.29, 0.717) is 36.4 Å². The highest BCUT2D eigenvalue weighted by Crippen LogP contribution is 2.35. The predicted molar refractivity (Wildman–Crippen MR) is 131 cm³/mol. The molecule has 1 aromatic heterocycles. The van der Waals surface area contributed by atoms with Crippen LogP contribution in [0.2, 0.25) is 0 Å². The summed E-state index contributed by atoms with van der Waals surface area (Å²) < 4.78 is 22.2. The molecule has 182 valence electrons. The van der Waals surface area contributed by atoms with Crippen molar-refractivity contribution in [1.82, 2.24) is 0 Å². The predicted octanol–water partition coefficient (Wildman–Crippen LogP) is 6.97. The molecule has 0 saturated heterocycles. The van der Waals surface area contributed by atoms with E-state index in [9.17, 15) is 9.59 Å². The number of esters is 1. The highest BCUT2D eigenvalue weighted by Gasteiger charge is 2.20. The lowest BCUT2D eigenvalue weighted by atomic mass is 10.1. The number of unbranched alkanes of at least 4 members (excludes halogenated alkanes) is 7. The maximum Gasteiger partial charge on any atom is 0.383 e. The first-order valence-corrected chi connectivity index (χ1v) is 12.3. The minimum absolute atomic E-state index is 0.218. The van der Waals surface area contributed by atoms with Crippen LogP contribution in [-0.4, -0.2) is 19.2 Å². The topological polar surface area (TPSA) is 75.0 Å². The molecular formula is C27H38O6. The van der Waals surface area contributed by atoms with Gasteiger partial charge in [0.1, 0.15) is 11.3 Å². The number of ether oxygens (including phenoxy) is 3. The molecule has 2 aromatic rings. The second-order valence-electron chi connectivity index (χ2n) is 8.14.